The van der Waals surface area contributed by atoms with E-state index >= 15 is 0 Å². The Kier molecular flexibility index (Phi) is 10.9. The third-order valence-corrected chi connectivity index (χ3v) is 2.55. The quantitative estimate of drug-likeness (QED) is 0.416. The van der Waals surface area contributed by atoms with Gasteiger partial charge in [0.15, 0.2) is 0 Å². The second-order valence-electron chi connectivity index (χ2n) is 4.61. The molecule has 0 aromatic carbocycles. The van der Waals surface area contributed by atoms with E-state index < -0.39 is 0 Å². The van der Waals surface area contributed by atoms with Gasteiger partial charge in [-0.05, 0) is 64.8 Å². The largest absolute Gasteiger partial charge is 0.463 e. The molecule has 0 aromatic rings. The number of allylic oxidation sites excluding steroid dienone is 7. The van der Waals surface area contributed by atoms with Crippen molar-refractivity contribution in [3.05, 3.63) is 59.1 Å². The van der Waals surface area contributed by atoms with Crippen LogP contribution in [0.25, 0.3) is 0 Å². The van der Waals surface area contributed by atoms with E-state index in [2.05, 4.69) is 33.9 Å². The monoisotopic (exact) mass is 262 g/mol. The van der Waals surface area contributed by atoms with Crippen LogP contribution in [0.3, 0.4) is 0 Å². The second kappa shape index (κ2) is 10.4. The Morgan fingerprint density at radius 1 is 0.842 bits per heavy atom. The van der Waals surface area contributed by atoms with E-state index in [0.29, 0.717) is 5.76 Å². The van der Waals surface area contributed by atoms with Gasteiger partial charge in [0.1, 0.15) is 11.5 Å². The van der Waals surface area contributed by atoms with Gasteiger partial charge in [-0.3, -0.25) is 0 Å². The van der Waals surface area contributed by atoms with E-state index in [1.54, 1.807) is 0 Å². The topological polar surface area (TPSA) is 9.23 Å². The maximum absolute atomic E-state index is 5.61. The van der Waals surface area contributed by atoms with Crippen LogP contribution >= 0.6 is 0 Å². The summed E-state index contributed by atoms with van der Waals surface area (Å²) in [5, 5.41) is 0. The minimum Gasteiger partial charge on any atom is -0.463 e. The molecule has 0 spiro atoms. The van der Waals surface area contributed by atoms with E-state index in [1.807, 2.05) is 46.8 Å². The highest BCUT2D eigenvalue weighted by atomic mass is 16.5. The van der Waals surface area contributed by atoms with Crippen LogP contribution < -0.4 is 0 Å². The summed E-state index contributed by atoms with van der Waals surface area (Å²) in [6.07, 6.45) is 3.92. The SMILES string of the molecule is C=C(/C=C(/C)C(=C)C)O/C(C)=C/C(C)=C(C)C.CC. The third kappa shape index (κ3) is 10.1. The van der Waals surface area contributed by atoms with Crippen molar-refractivity contribution < 1.29 is 4.74 Å². The summed E-state index contributed by atoms with van der Waals surface area (Å²) in [7, 11) is 0. The van der Waals surface area contributed by atoms with Gasteiger partial charge in [0.2, 0.25) is 0 Å². The van der Waals surface area contributed by atoms with Crippen LogP contribution in [0.1, 0.15) is 55.4 Å². The summed E-state index contributed by atoms with van der Waals surface area (Å²) in [6.45, 7) is 23.9. The van der Waals surface area contributed by atoms with Crippen LogP contribution in [0.5, 0.6) is 0 Å². The summed E-state index contributed by atoms with van der Waals surface area (Å²) >= 11 is 0. The molecule has 0 radical (unpaired) electrons. The molecular weight excluding hydrogens is 232 g/mol. The van der Waals surface area contributed by atoms with Crippen LogP contribution in [-0.2, 0) is 4.74 Å². The smallest absolute Gasteiger partial charge is 0.120 e. The molecule has 0 bridgehead atoms. The average Bonchev–Trinajstić information content (AvgIpc) is 2.30. The molecule has 0 heterocycles. The Hall–Kier alpha value is -1.50. The number of rotatable bonds is 5. The number of hydrogen-bond acceptors (Lipinski definition) is 1. The van der Waals surface area contributed by atoms with Crippen LogP contribution in [0, 0.1) is 0 Å². The molecule has 0 aliphatic heterocycles. The maximum Gasteiger partial charge on any atom is 0.120 e. The third-order valence-electron chi connectivity index (χ3n) is 2.55. The Morgan fingerprint density at radius 2 is 1.32 bits per heavy atom. The van der Waals surface area contributed by atoms with Crippen molar-refractivity contribution in [2.24, 2.45) is 0 Å². The Bertz CT molecular complexity index is 399. The van der Waals surface area contributed by atoms with Crippen LogP contribution in [0.4, 0.5) is 0 Å². The molecule has 0 rings (SSSR count). The van der Waals surface area contributed by atoms with Gasteiger partial charge in [-0.1, -0.05) is 38.2 Å². The van der Waals surface area contributed by atoms with E-state index in [0.717, 1.165) is 16.9 Å². The molecule has 0 aromatic heterocycles. The van der Waals surface area contributed by atoms with Gasteiger partial charge in [0.05, 0.1) is 0 Å². The molecule has 19 heavy (non-hydrogen) atoms. The molecule has 1 nitrogen and oxygen atoms in total. The summed E-state index contributed by atoms with van der Waals surface area (Å²) in [4.78, 5) is 0. The molecule has 0 aliphatic rings. The lowest BCUT2D eigenvalue weighted by molar-refractivity contribution is 0.323. The molecule has 0 aliphatic carbocycles. The molecule has 0 unspecified atom stereocenters. The fourth-order valence-corrected chi connectivity index (χ4v) is 1.08. The Balaban J connectivity index is 0. The van der Waals surface area contributed by atoms with Crippen molar-refractivity contribution >= 4 is 0 Å². The van der Waals surface area contributed by atoms with E-state index in [9.17, 15) is 0 Å². The molecular formula is C18H30O. The summed E-state index contributed by atoms with van der Waals surface area (Å²) in [5.41, 5.74) is 4.61. The molecule has 0 saturated heterocycles. The van der Waals surface area contributed by atoms with Crippen LogP contribution in [0.15, 0.2) is 59.1 Å². The first-order chi connectivity index (χ1) is 8.73. The zero-order valence-electron chi connectivity index (χ0n) is 14.0. The zero-order valence-corrected chi connectivity index (χ0v) is 14.0. The molecule has 1 heteroatoms. The molecule has 0 N–H and O–H groups in total. The summed E-state index contributed by atoms with van der Waals surface area (Å²) in [6, 6.07) is 0. The molecule has 108 valence electrons. The van der Waals surface area contributed by atoms with E-state index in [4.69, 9.17) is 4.74 Å². The standard InChI is InChI=1S/C16H24O.C2H6/c1-11(2)13(5)9-15(7)17-16(8)10-14(6)12(3)4;1-2/h9-10H,1,7H2,2-6,8H3;1-2H3/b13-9-,16-10+;. The van der Waals surface area contributed by atoms with Crippen LogP contribution in [0.2, 0.25) is 0 Å². The molecule has 0 atom stereocenters. The zero-order chi connectivity index (χ0) is 15.6. The Labute approximate surface area is 120 Å². The Morgan fingerprint density at radius 3 is 1.68 bits per heavy atom. The van der Waals surface area contributed by atoms with Gasteiger partial charge in [-0.25, -0.2) is 0 Å². The molecule has 0 amide bonds. The minimum atomic E-state index is 0.640. The lowest BCUT2D eigenvalue weighted by atomic mass is 10.1. The van der Waals surface area contributed by atoms with Gasteiger partial charge in [0, 0.05) is 0 Å². The van der Waals surface area contributed by atoms with Crippen molar-refractivity contribution in [3.63, 3.8) is 0 Å². The first kappa shape index (κ1) is 19.8. The predicted octanol–water partition coefficient (Wildman–Crippen LogP) is 6.33. The van der Waals surface area contributed by atoms with Gasteiger partial charge in [0.25, 0.3) is 0 Å². The van der Waals surface area contributed by atoms with Crippen molar-refractivity contribution in [2.45, 2.75) is 55.4 Å². The van der Waals surface area contributed by atoms with E-state index in [1.165, 1.54) is 11.1 Å². The molecule has 0 saturated carbocycles. The normalized spacial score (nSPS) is 11.2. The fraction of sp³-hybridized carbons (Fsp3) is 0.444. The van der Waals surface area contributed by atoms with Gasteiger partial charge in [-0.15, -0.1) is 0 Å². The molecule has 0 fully saturated rings. The first-order valence-electron chi connectivity index (χ1n) is 6.77. The average molecular weight is 262 g/mol. The lowest BCUT2D eigenvalue weighted by Gasteiger charge is -2.08. The predicted molar refractivity (Wildman–Crippen MR) is 87.9 cm³/mol. The van der Waals surface area contributed by atoms with Crippen molar-refractivity contribution in [2.75, 3.05) is 0 Å². The van der Waals surface area contributed by atoms with Crippen molar-refractivity contribution in [3.8, 4) is 0 Å². The highest BCUT2D eigenvalue weighted by molar-refractivity contribution is 5.30. The minimum absolute atomic E-state index is 0.640. The van der Waals surface area contributed by atoms with Gasteiger partial charge < -0.3 is 4.74 Å². The van der Waals surface area contributed by atoms with E-state index in [-0.39, 0.29) is 0 Å². The maximum atomic E-state index is 5.61. The van der Waals surface area contributed by atoms with Crippen molar-refractivity contribution in [1.82, 2.24) is 0 Å². The van der Waals surface area contributed by atoms with Crippen molar-refractivity contribution in [1.29, 1.82) is 0 Å². The summed E-state index contributed by atoms with van der Waals surface area (Å²) < 4.78 is 5.61. The van der Waals surface area contributed by atoms with Gasteiger partial charge in [-0.2, -0.15) is 0 Å². The highest BCUT2D eigenvalue weighted by Gasteiger charge is 1.97. The van der Waals surface area contributed by atoms with Crippen LogP contribution in [-0.4, -0.2) is 0 Å². The number of hydrogen-bond donors (Lipinski definition) is 0. The first-order valence-corrected chi connectivity index (χ1v) is 6.77. The highest BCUT2D eigenvalue weighted by Crippen LogP contribution is 2.14. The van der Waals surface area contributed by atoms with Gasteiger partial charge >= 0.3 is 0 Å². The lowest BCUT2D eigenvalue weighted by Crippen LogP contribution is -1.89. The summed E-state index contributed by atoms with van der Waals surface area (Å²) in [5.74, 6) is 1.49. The number of ether oxygens (including phenoxy) is 1. The second-order valence-corrected chi connectivity index (χ2v) is 4.61. The fourth-order valence-electron chi connectivity index (χ4n) is 1.08.